The molecule has 0 heterocycles. The average molecular weight is 167 g/mol. The standard InChI is InChI=1S/C9H17N3/c1-12(7-6-11)8-9(2-3-9)4-5-10/h2-4,6-8,11H2,1H3. The van der Waals surface area contributed by atoms with Crippen molar-refractivity contribution in [2.75, 3.05) is 26.7 Å². The summed E-state index contributed by atoms with van der Waals surface area (Å²) in [6, 6.07) is 2.26. The van der Waals surface area contributed by atoms with Gasteiger partial charge in [0.1, 0.15) is 0 Å². The van der Waals surface area contributed by atoms with Gasteiger partial charge < -0.3 is 10.6 Å². The first-order valence-electron chi connectivity index (χ1n) is 4.48. The molecule has 1 aliphatic carbocycles. The van der Waals surface area contributed by atoms with Gasteiger partial charge in [-0.3, -0.25) is 0 Å². The summed E-state index contributed by atoms with van der Waals surface area (Å²) >= 11 is 0. The zero-order chi connectivity index (χ0) is 9.03. The fourth-order valence-electron chi connectivity index (χ4n) is 1.61. The lowest BCUT2D eigenvalue weighted by Crippen LogP contribution is -2.31. The Bertz CT molecular complexity index is 179. The average Bonchev–Trinajstić information content (AvgIpc) is 2.70. The van der Waals surface area contributed by atoms with E-state index in [0.717, 1.165) is 13.1 Å². The molecule has 1 saturated carbocycles. The van der Waals surface area contributed by atoms with E-state index in [-0.39, 0.29) is 0 Å². The van der Waals surface area contributed by atoms with E-state index in [4.69, 9.17) is 11.0 Å². The first kappa shape index (κ1) is 9.50. The quantitative estimate of drug-likeness (QED) is 0.651. The van der Waals surface area contributed by atoms with E-state index in [9.17, 15) is 0 Å². The highest BCUT2D eigenvalue weighted by Crippen LogP contribution is 2.48. The summed E-state index contributed by atoms with van der Waals surface area (Å²) in [4.78, 5) is 2.23. The van der Waals surface area contributed by atoms with Crippen LogP contribution in [0.2, 0.25) is 0 Å². The van der Waals surface area contributed by atoms with Gasteiger partial charge in [-0.2, -0.15) is 5.26 Å². The molecule has 12 heavy (non-hydrogen) atoms. The zero-order valence-electron chi connectivity index (χ0n) is 7.71. The smallest absolute Gasteiger partial charge is 0.0628 e. The summed E-state index contributed by atoms with van der Waals surface area (Å²) in [5.74, 6) is 0. The van der Waals surface area contributed by atoms with Crippen molar-refractivity contribution >= 4 is 0 Å². The topological polar surface area (TPSA) is 53.0 Å². The normalized spacial score (nSPS) is 19.2. The van der Waals surface area contributed by atoms with Crippen molar-refractivity contribution in [1.82, 2.24) is 4.90 Å². The fraction of sp³-hybridized carbons (Fsp3) is 0.889. The second-order valence-corrected chi connectivity index (χ2v) is 3.86. The van der Waals surface area contributed by atoms with Crippen LogP contribution in [0.1, 0.15) is 19.3 Å². The van der Waals surface area contributed by atoms with Crippen molar-refractivity contribution in [1.29, 1.82) is 5.26 Å². The highest BCUT2D eigenvalue weighted by molar-refractivity contribution is 5.00. The van der Waals surface area contributed by atoms with Gasteiger partial charge in [-0.05, 0) is 25.3 Å². The molecule has 0 aliphatic heterocycles. The van der Waals surface area contributed by atoms with E-state index in [0.29, 0.717) is 18.4 Å². The summed E-state index contributed by atoms with van der Waals surface area (Å²) in [6.07, 6.45) is 3.15. The molecule has 0 bridgehead atoms. The lowest BCUT2D eigenvalue weighted by Gasteiger charge is -2.20. The SMILES string of the molecule is CN(CCN)CC1(CC#N)CC1. The monoisotopic (exact) mass is 167 g/mol. The van der Waals surface area contributed by atoms with Gasteiger partial charge in [-0.1, -0.05) is 0 Å². The molecule has 0 radical (unpaired) electrons. The summed E-state index contributed by atoms with van der Waals surface area (Å²) in [6.45, 7) is 2.68. The van der Waals surface area contributed by atoms with Crippen molar-refractivity contribution in [2.24, 2.45) is 11.1 Å². The Morgan fingerprint density at radius 2 is 2.25 bits per heavy atom. The first-order chi connectivity index (χ1) is 5.72. The van der Waals surface area contributed by atoms with Crippen molar-refractivity contribution in [2.45, 2.75) is 19.3 Å². The van der Waals surface area contributed by atoms with E-state index in [1.807, 2.05) is 0 Å². The molecular weight excluding hydrogens is 150 g/mol. The number of nitrogens with zero attached hydrogens (tertiary/aromatic N) is 2. The third kappa shape index (κ3) is 2.47. The molecule has 1 rings (SSSR count). The van der Waals surface area contributed by atoms with E-state index in [2.05, 4.69) is 18.0 Å². The van der Waals surface area contributed by atoms with Gasteiger partial charge in [-0.15, -0.1) is 0 Å². The van der Waals surface area contributed by atoms with Crippen LogP contribution in [0.25, 0.3) is 0 Å². The number of rotatable bonds is 5. The minimum atomic E-state index is 0.332. The van der Waals surface area contributed by atoms with Crippen LogP contribution in [-0.4, -0.2) is 31.6 Å². The fourth-order valence-corrected chi connectivity index (χ4v) is 1.61. The Kier molecular flexibility index (Phi) is 3.07. The van der Waals surface area contributed by atoms with E-state index >= 15 is 0 Å². The molecule has 0 unspecified atom stereocenters. The molecule has 0 aromatic carbocycles. The maximum atomic E-state index is 8.59. The van der Waals surface area contributed by atoms with Crippen LogP contribution in [0.3, 0.4) is 0 Å². The van der Waals surface area contributed by atoms with Crippen LogP contribution in [-0.2, 0) is 0 Å². The molecule has 0 saturated heterocycles. The molecule has 0 aromatic heterocycles. The van der Waals surface area contributed by atoms with Crippen molar-refractivity contribution in [3.05, 3.63) is 0 Å². The molecule has 1 fully saturated rings. The molecule has 0 spiro atoms. The third-order valence-electron chi connectivity index (χ3n) is 2.53. The Morgan fingerprint density at radius 1 is 1.58 bits per heavy atom. The van der Waals surface area contributed by atoms with Crippen molar-refractivity contribution in [3.63, 3.8) is 0 Å². The second kappa shape index (κ2) is 3.88. The molecule has 1 aliphatic rings. The number of nitrogens with two attached hydrogens (primary N) is 1. The Morgan fingerprint density at radius 3 is 2.67 bits per heavy atom. The number of likely N-dealkylation sites (N-methyl/N-ethyl adjacent to an activating group) is 1. The van der Waals surface area contributed by atoms with Gasteiger partial charge in [0.2, 0.25) is 0 Å². The highest BCUT2D eigenvalue weighted by Gasteiger charge is 2.42. The van der Waals surface area contributed by atoms with Crippen LogP contribution in [0.5, 0.6) is 0 Å². The van der Waals surface area contributed by atoms with Crippen LogP contribution in [0.15, 0.2) is 0 Å². The van der Waals surface area contributed by atoms with Crippen LogP contribution in [0.4, 0.5) is 0 Å². The minimum absolute atomic E-state index is 0.332. The van der Waals surface area contributed by atoms with E-state index < -0.39 is 0 Å². The zero-order valence-corrected chi connectivity index (χ0v) is 7.71. The minimum Gasteiger partial charge on any atom is -0.329 e. The van der Waals surface area contributed by atoms with Gasteiger partial charge in [0.25, 0.3) is 0 Å². The predicted octanol–water partition coefficient (Wildman–Crippen LogP) is 0.571. The molecule has 3 heteroatoms. The first-order valence-corrected chi connectivity index (χ1v) is 4.48. The molecule has 68 valence electrons. The molecule has 0 aromatic rings. The van der Waals surface area contributed by atoms with Gasteiger partial charge in [0, 0.05) is 26.1 Å². The molecule has 3 nitrogen and oxygen atoms in total. The lowest BCUT2D eigenvalue weighted by molar-refractivity contribution is 0.271. The highest BCUT2D eigenvalue weighted by atomic mass is 15.1. The number of nitriles is 1. The number of hydrogen-bond acceptors (Lipinski definition) is 3. The van der Waals surface area contributed by atoms with Crippen molar-refractivity contribution in [3.8, 4) is 6.07 Å². The summed E-state index contributed by atoms with van der Waals surface area (Å²) in [5, 5.41) is 8.59. The summed E-state index contributed by atoms with van der Waals surface area (Å²) in [7, 11) is 2.07. The van der Waals surface area contributed by atoms with Crippen LogP contribution < -0.4 is 5.73 Å². The van der Waals surface area contributed by atoms with E-state index in [1.54, 1.807) is 0 Å². The van der Waals surface area contributed by atoms with Gasteiger partial charge in [-0.25, -0.2) is 0 Å². The van der Waals surface area contributed by atoms with Gasteiger partial charge in [0.05, 0.1) is 6.07 Å². The summed E-state index contributed by atoms with van der Waals surface area (Å²) < 4.78 is 0. The maximum absolute atomic E-state index is 8.59. The second-order valence-electron chi connectivity index (χ2n) is 3.86. The van der Waals surface area contributed by atoms with Gasteiger partial charge in [0.15, 0.2) is 0 Å². The Hall–Kier alpha value is -0.590. The van der Waals surface area contributed by atoms with Crippen LogP contribution in [0, 0.1) is 16.7 Å². The molecular formula is C9H17N3. The maximum Gasteiger partial charge on any atom is 0.0628 e. The largest absolute Gasteiger partial charge is 0.329 e. The lowest BCUT2D eigenvalue weighted by atomic mass is 10.0. The Balaban J connectivity index is 2.26. The summed E-state index contributed by atoms with van der Waals surface area (Å²) in [5.41, 5.74) is 5.77. The van der Waals surface area contributed by atoms with E-state index in [1.165, 1.54) is 12.8 Å². The number of hydrogen-bond donors (Lipinski definition) is 1. The van der Waals surface area contributed by atoms with Gasteiger partial charge >= 0.3 is 0 Å². The molecule has 0 atom stereocenters. The van der Waals surface area contributed by atoms with Crippen molar-refractivity contribution < 1.29 is 0 Å². The third-order valence-corrected chi connectivity index (χ3v) is 2.53. The molecule has 0 amide bonds. The Labute approximate surface area is 74.1 Å². The van der Waals surface area contributed by atoms with Crippen LogP contribution >= 0.6 is 0 Å². The predicted molar refractivity (Wildman–Crippen MR) is 48.4 cm³/mol. The molecule has 2 N–H and O–H groups in total.